The van der Waals surface area contributed by atoms with Crippen LogP contribution in [-0.4, -0.2) is 18.6 Å². The Morgan fingerprint density at radius 2 is 2.20 bits per heavy atom. The summed E-state index contributed by atoms with van der Waals surface area (Å²) in [6, 6.07) is 2.35. The number of nitrogens with one attached hydrogen (secondary N) is 2. The van der Waals surface area contributed by atoms with Gasteiger partial charge in [0.1, 0.15) is 10.7 Å². The van der Waals surface area contributed by atoms with Gasteiger partial charge in [0.05, 0.1) is 10.7 Å². The number of anilines is 2. The van der Waals surface area contributed by atoms with Gasteiger partial charge in [-0.1, -0.05) is 6.92 Å². The van der Waals surface area contributed by atoms with Crippen molar-refractivity contribution in [3.8, 4) is 0 Å². The molecule has 0 unspecified atom stereocenters. The lowest BCUT2D eigenvalue weighted by Crippen LogP contribution is -2.16. The van der Waals surface area contributed by atoms with Crippen molar-refractivity contribution in [1.82, 2.24) is 10.2 Å². The van der Waals surface area contributed by atoms with E-state index < -0.39 is 20.7 Å². The molecule has 108 valence electrons. The van der Waals surface area contributed by atoms with Crippen LogP contribution in [0.15, 0.2) is 27.7 Å². The summed E-state index contributed by atoms with van der Waals surface area (Å²) in [4.78, 5) is -0.527. The summed E-state index contributed by atoms with van der Waals surface area (Å²) < 4.78 is 40.6. The Balaban J connectivity index is 2.46. The minimum atomic E-state index is -4.10. The fourth-order valence-corrected chi connectivity index (χ4v) is 3.44. The van der Waals surface area contributed by atoms with Gasteiger partial charge in [0.15, 0.2) is 5.82 Å². The van der Waals surface area contributed by atoms with Crippen molar-refractivity contribution in [2.45, 2.75) is 18.2 Å². The zero-order chi connectivity index (χ0) is 14.9. The summed E-state index contributed by atoms with van der Waals surface area (Å²) >= 11 is 2.93. The standard InChI is InChI=1S/C11H12BrFN4O2S/c1-2-6-5-15-16-11(6)17-20(18,19)9-4-7(14)3-8(12)10(9)13/h3-5H,2,14H2,1H3,(H2,15,16,17). The molecule has 0 aliphatic rings. The maximum absolute atomic E-state index is 13.9. The lowest BCUT2D eigenvalue weighted by Gasteiger charge is -2.10. The average molecular weight is 363 g/mol. The van der Waals surface area contributed by atoms with Crippen LogP contribution in [0.2, 0.25) is 0 Å². The van der Waals surface area contributed by atoms with E-state index in [1.165, 1.54) is 12.3 Å². The molecule has 0 bridgehead atoms. The van der Waals surface area contributed by atoms with Crippen molar-refractivity contribution in [2.75, 3.05) is 10.5 Å². The number of hydrogen-bond donors (Lipinski definition) is 3. The number of nitrogen functional groups attached to an aromatic ring is 1. The van der Waals surface area contributed by atoms with Crippen LogP contribution in [0.1, 0.15) is 12.5 Å². The predicted octanol–water partition coefficient (Wildman–Crippen LogP) is 2.26. The molecule has 6 nitrogen and oxygen atoms in total. The molecule has 0 atom stereocenters. The second-order valence-electron chi connectivity index (χ2n) is 4.04. The highest BCUT2D eigenvalue weighted by Crippen LogP contribution is 2.27. The SMILES string of the molecule is CCc1cn[nH]c1NS(=O)(=O)c1cc(N)cc(Br)c1F. The summed E-state index contributed by atoms with van der Waals surface area (Å²) in [5, 5.41) is 6.27. The van der Waals surface area contributed by atoms with E-state index in [0.717, 1.165) is 6.07 Å². The molecule has 4 N–H and O–H groups in total. The number of benzene rings is 1. The Labute approximate surface area is 123 Å². The van der Waals surface area contributed by atoms with Crippen LogP contribution < -0.4 is 10.5 Å². The molecule has 0 aliphatic heterocycles. The van der Waals surface area contributed by atoms with Crippen LogP contribution in [0, 0.1) is 5.82 Å². The molecule has 0 amide bonds. The molecule has 0 spiro atoms. The number of aromatic nitrogens is 2. The number of rotatable bonds is 4. The van der Waals surface area contributed by atoms with E-state index in [0.29, 0.717) is 12.0 Å². The molecule has 9 heteroatoms. The predicted molar refractivity (Wildman–Crippen MR) is 77.3 cm³/mol. The maximum atomic E-state index is 13.9. The van der Waals surface area contributed by atoms with Crippen molar-refractivity contribution in [1.29, 1.82) is 0 Å². The van der Waals surface area contributed by atoms with Gasteiger partial charge in [-0.25, -0.2) is 12.8 Å². The van der Waals surface area contributed by atoms with Gasteiger partial charge in [-0.15, -0.1) is 0 Å². The van der Waals surface area contributed by atoms with Crippen LogP contribution in [0.5, 0.6) is 0 Å². The van der Waals surface area contributed by atoms with E-state index in [-0.39, 0.29) is 16.0 Å². The van der Waals surface area contributed by atoms with Crippen LogP contribution in [0.3, 0.4) is 0 Å². The number of halogens is 2. The zero-order valence-corrected chi connectivity index (χ0v) is 12.8. The topological polar surface area (TPSA) is 101 Å². The number of aryl methyl sites for hydroxylation is 1. The van der Waals surface area contributed by atoms with Gasteiger partial charge < -0.3 is 5.73 Å². The number of hydrogen-bond acceptors (Lipinski definition) is 4. The first-order chi connectivity index (χ1) is 9.35. The van der Waals surface area contributed by atoms with E-state index in [1.807, 2.05) is 6.92 Å². The monoisotopic (exact) mass is 362 g/mol. The first kappa shape index (κ1) is 14.8. The molecule has 1 aromatic heterocycles. The zero-order valence-electron chi connectivity index (χ0n) is 10.4. The number of nitrogens with two attached hydrogens (primary N) is 1. The number of aromatic amines is 1. The van der Waals surface area contributed by atoms with Gasteiger partial charge in [-0.3, -0.25) is 9.82 Å². The van der Waals surface area contributed by atoms with Crippen LogP contribution in [0.4, 0.5) is 15.9 Å². The Morgan fingerprint density at radius 3 is 2.85 bits per heavy atom. The lowest BCUT2D eigenvalue weighted by atomic mass is 10.3. The molecule has 2 rings (SSSR count). The Kier molecular flexibility index (Phi) is 4.00. The van der Waals surface area contributed by atoms with Crippen molar-refractivity contribution >= 4 is 37.5 Å². The van der Waals surface area contributed by atoms with E-state index in [4.69, 9.17) is 5.73 Å². The van der Waals surface area contributed by atoms with Crippen molar-refractivity contribution < 1.29 is 12.8 Å². The lowest BCUT2D eigenvalue weighted by molar-refractivity contribution is 0.566. The maximum Gasteiger partial charge on any atom is 0.266 e. The number of sulfonamides is 1. The van der Waals surface area contributed by atoms with E-state index in [1.54, 1.807) is 0 Å². The molecule has 0 saturated heterocycles. The van der Waals surface area contributed by atoms with E-state index >= 15 is 0 Å². The Bertz CT molecular complexity index is 745. The van der Waals surface area contributed by atoms with Gasteiger partial charge in [0.25, 0.3) is 10.0 Å². The second-order valence-corrected chi connectivity index (χ2v) is 6.55. The van der Waals surface area contributed by atoms with Crippen molar-refractivity contribution in [3.63, 3.8) is 0 Å². The van der Waals surface area contributed by atoms with E-state index in [9.17, 15) is 12.8 Å². The quantitative estimate of drug-likeness (QED) is 0.726. The molecule has 1 aromatic carbocycles. The normalized spacial score (nSPS) is 11.6. The fourth-order valence-electron chi connectivity index (χ4n) is 1.64. The number of nitrogens with zero attached hydrogens (tertiary/aromatic N) is 1. The molecular weight excluding hydrogens is 351 g/mol. The molecular formula is C11H12BrFN4O2S. The summed E-state index contributed by atoms with van der Waals surface area (Å²) in [7, 11) is -4.10. The highest BCUT2D eigenvalue weighted by Gasteiger charge is 2.23. The van der Waals surface area contributed by atoms with Crippen LogP contribution in [0.25, 0.3) is 0 Å². The van der Waals surface area contributed by atoms with Gasteiger partial charge in [-0.05, 0) is 34.5 Å². The first-order valence-corrected chi connectivity index (χ1v) is 7.92. The molecule has 20 heavy (non-hydrogen) atoms. The summed E-state index contributed by atoms with van der Waals surface area (Å²) in [6.45, 7) is 1.85. The smallest absolute Gasteiger partial charge is 0.266 e. The van der Waals surface area contributed by atoms with Gasteiger partial charge in [-0.2, -0.15) is 5.10 Å². The van der Waals surface area contributed by atoms with Gasteiger partial charge >= 0.3 is 0 Å². The highest BCUT2D eigenvalue weighted by molar-refractivity contribution is 9.10. The highest BCUT2D eigenvalue weighted by atomic mass is 79.9. The molecule has 1 heterocycles. The Hall–Kier alpha value is -1.61. The third kappa shape index (κ3) is 2.78. The third-order valence-corrected chi connectivity index (χ3v) is 4.57. The van der Waals surface area contributed by atoms with Crippen molar-refractivity contribution in [2.24, 2.45) is 0 Å². The van der Waals surface area contributed by atoms with Crippen molar-refractivity contribution in [3.05, 3.63) is 34.2 Å². The molecule has 0 aliphatic carbocycles. The number of H-pyrrole nitrogens is 1. The third-order valence-electron chi connectivity index (χ3n) is 2.64. The second kappa shape index (κ2) is 5.41. The minimum Gasteiger partial charge on any atom is -0.399 e. The van der Waals surface area contributed by atoms with Gasteiger partial charge in [0, 0.05) is 11.3 Å². The van der Waals surface area contributed by atoms with Crippen LogP contribution >= 0.6 is 15.9 Å². The first-order valence-electron chi connectivity index (χ1n) is 5.64. The fraction of sp³-hybridized carbons (Fsp3) is 0.182. The van der Waals surface area contributed by atoms with Crippen LogP contribution in [-0.2, 0) is 16.4 Å². The van der Waals surface area contributed by atoms with E-state index in [2.05, 4.69) is 30.8 Å². The molecule has 0 radical (unpaired) electrons. The molecule has 2 aromatic rings. The summed E-state index contributed by atoms with van der Waals surface area (Å²) in [6.07, 6.45) is 2.08. The Morgan fingerprint density at radius 1 is 1.50 bits per heavy atom. The largest absolute Gasteiger partial charge is 0.399 e. The molecule has 0 fully saturated rings. The minimum absolute atomic E-state index is 0.0156. The van der Waals surface area contributed by atoms with Gasteiger partial charge in [0.2, 0.25) is 0 Å². The molecule has 0 saturated carbocycles. The summed E-state index contributed by atoms with van der Waals surface area (Å²) in [5.41, 5.74) is 6.36. The average Bonchev–Trinajstić information content (AvgIpc) is 2.80. The summed E-state index contributed by atoms with van der Waals surface area (Å²) in [5.74, 6) is -0.685.